The normalized spacial score (nSPS) is 14.8. The Morgan fingerprint density at radius 3 is 2.54 bits per heavy atom. The van der Waals surface area contributed by atoms with Gasteiger partial charge in [0.15, 0.2) is 0 Å². The van der Waals surface area contributed by atoms with Gasteiger partial charge in [-0.25, -0.2) is 8.78 Å². The van der Waals surface area contributed by atoms with Crippen LogP contribution < -0.4 is 5.32 Å². The van der Waals surface area contributed by atoms with Crippen LogP contribution in [0.1, 0.15) is 36.5 Å². The predicted octanol–water partition coefficient (Wildman–Crippen LogP) is 1.89. The molecule has 26 heavy (non-hydrogen) atoms. The van der Waals surface area contributed by atoms with Crippen molar-refractivity contribution in [2.24, 2.45) is 5.92 Å². The molecule has 1 aliphatic rings. The third kappa shape index (κ3) is 5.24. The van der Waals surface area contributed by atoms with Gasteiger partial charge in [-0.2, -0.15) is 0 Å². The van der Waals surface area contributed by atoms with Crippen molar-refractivity contribution >= 4 is 17.8 Å². The number of likely N-dealkylation sites (tertiary alicyclic amines) is 1. The summed E-state index contributed by atoms with van der Waals surface area (Å²) in [6, 6.07) is 2.69. The summed E-state index contributed by atoms with van der Waals surface area (Å²) in [5.41, 5.74) is -0.269. The molecule has 0 spiro atoms. The van der Waals surface area contributed by atoms with Crippen LogP contribution in [0.5, 0.6) is 0 Å². The van der Waals surface area contributed by atoms with E-state index in [0.29, 0.717) is 38.6 Å². The maximum atomic E-state index is 13.5. The topological polar surface area (TPSA) is 75.7 Å². The largest absolute Gasteiger partial charge is 0.466 e. The second kappa shape index (κ2) is 9.26. The van der Waals surface area contributed by atoms with Crippen LogP contribution in [0.2, 0.25) is 0 Å². The maximum Gasteiger partial charge on any atom is 0.309 e. The SMILES string of the molecule is CCOC(=O)C1CCN(C(=O)CCNC(=O)c2ccc(F)cc2F)CC1. The highest BCUT2D eigenvalue weighted by molar-refractivity contribution is 5.94. The van der Waals surface area contributed by atoms with Crippen LogP contribution in [0, 0.1) is 17.6 Å². The van der Waals surface area contributed by atoms with Crippen molar-refractivity contribution in [2.75, 3.05) is 26.2 Å². The van der Waals surface area contributed by atoms with E-state index in [2.05, 4.69) is 5.32 Å². The first-order valence-corrected chi connectivity index (χ1v) is 8.60. The number of ether oxygens (including phenoxy) is 1. The number of halogens is 2. The van der Waals surface area contributed by atoms with E-state index in [-0.39, 0.29) is 36.3 Å². The molecule has 1 saturated heterocycles. The van der Waals surface area contributed by atoms with Crippen LogP contribution in [-0.2, 0) is 14.3 Å². The Hall–Kier alpha value is -2.51. The molecule has 0 atom stereocenters. The molecule has 6 nitrogen and oxygen atoms in total. The highest BCUT2D eigenvalue weighted by Gasteiger charge is 2.28. The molecule has 1 aromatic rings. The number of benzene rings is 1. The number of hydrogen-bond acceptors (Lipinski definition) is 4. The Bertz CT molecular complexity index is 673. The lowest BCUT2D eigenvalue weighted by molar-refractivity contribution is -0.151. The average Bonchev–Trinajstić information content (AvgIpc) is 2.61. The van der Waals surface area contributed by atoms with Gasteiger partial charge in [0.25, 0.3) is 5.91 Å². The number of nitrogens with zero attached hydrogens (tertiary/aromatic N) is 1. The van der Waals surface area contributed by atoms with Crippen molar-refractivity contribution in [3.8, 4) is 0 Å². The molecule has 0 unspecified atom stereocenters. The molecule has 0 radical (unpaired) electrons. The van der Waals surface area contributed by atoms with Gasteiger partial charge in [0.05, 0.1) is 18.1 Å². The molecule has 1 fully saturated rings. The van der Waals surface area contributed by atoms with Crippen LogP contribution in [0.4, 0.5) is 8.78 Å². The number of amides is 2. The summed E-state index contributed by atoms with van der Waals surface area (Å²) in [5, 5.41) is 2.45. The Balaban J connectivity index is 1.74. The zero-order chi connectivity index (χ0) is 19.1. The van der Waals surface area contributed by atoms with E-state index in [1.54, 1.807) is 11.8 Å². The van der Waals surface area contributed by atoms with Gasteiger partial charge in [0, 0.05) is 32.1 Å². The number of esters is 1. The lowest BCUT2D eigenvalue weighted by Gasteiger charge is -2.31. The first-order valence-electron chi connectivity index (χ1n) is 8.60. The van der Waals surface area contributed by atoms with Crippen LogP contribution in [0.25, 0.3) is 0 Å². The highest BCUT2D eigenvalue weighted by atomic mass is 19.1. The van der Waals surface area contributed by atoms with E-state index in [1.807, 2.05) is 0 Å². The molecule has 0 saturated carbocycles. The molecule has 1 N–H and O–H groups in total. The quantitative estimate of drug-likeness (QED) is 0.778. The zero-order valence-electron chi connectivity index (χ0n) is 14.6. The van der Waals surface area contributed by atoms with Gasteiger partial charge in [-0.15, -0.1) is 0 Å². The van der Waals surface area contributed by atoms with Crippen molar-refractivity contribution in [1.29, 1.82) is 0 Å². The molecule has 2 amide bonds. The van der Waals surface area contributed by atoms with Crippen molar-refractivity contribution < 1.29 is 27.9 Å². The van der Waals surface area contributed by atoms with Crippen LogP contribution in [0.15, 0.2) is 18.2 Å². The molecule has 2 rings (SSSR count). The fourth-order valence-corrected chi connectivity index (χ4v) is 2.83. The number of rotatable bonds is 6. The Morgan fingerprint density at radius 2 is 1.92 bits per heavy atom. The van der Waals surface area contributed by atoms with Gasteiger partial charge >= 0.3 is 5.97 Å². The summed E-state index contributed by atoms with van der Waals surface area (Å²) >= 11 is 0. The first-order chi connectivity index (χ1) is 12.4. The molecule has 1 aromatic carbocycles. The number of hydrogen-bond donors (Lipinski definition) is 1. The van der Waals surface area contributed by atoms with Crippen LogP contribution in [0.3, 0.4) is 0 Å². The second-order valence-corrected chi connectivity index (χ2v) is 6.04. The summed E-state index contributed by atoms with van der Waals surface area (Å²) in [6.45, 7) is 3.06. The zero-order valence-corrected chi connectivity index (χ0v) is 14.6. The van der Waals surface area contributed by atoms with Gasteiger partial charge in [-0.05, 0) is 31.9 Å². The molecule has 1 heterocycles. The summed E-state index contributed by atoms with van der Waals surface area (Å²) in [6.07, 6.45) is 1.17. The van der Waals surface area contributed by atoms with E-state index < -0.39 is 17.5 Å². The van der Waals surface area contributed by atoms with Crippen LogP contribution >= 0.6 is 0 Å². The second-order valence-electron chi connectivity index (χ2n) is 6.04. The van der Waals surface area contributed by atoms with Gasteiger partial charge < -0.3 is 15.0 Å². The minimum absolute atomic E-state index is 0.0479. The van der Waals surface area contributed by atoms with Crippen LogP contribution in [-0.4, -0.2) is 48.9 Å². The van der Waals surface area contributed by atoms with Crippen molar-refractivity contribution in [3.05, 3.63) is 35.4 Å². The smallest absolute Gasteiger partial charge is 0.309 e. The maximum absolute atomic E-state index is 13.5. The fraction of sp³-hybridized carbons (Fsp3) is 0.500. The van der Waals surface area contributed by atoms with E-state index >= 15 is 0 Å². The lowest BCUT2D eigenvalue weighted by atomic mass is 9.97. The van der Waals surface area contributed by atoms with E-state index in [1.165, 1.54) is 0 Å². The number of piperidine rings is 1. The molecule has 0 bridgehead atoms. The van der Waals surface area contributed by atoms with Gasteiger partial charge in [0.2, 0.25) is 5.91 Å². The summed E-state index contributed by atoms with van der Waals surface area (Å²) in [7, 11) is 0. The van der Waals surface area contributed by atoms with Gasteiger partial charge in [-0.3, -0.25) is 14.4 Å². The summed E-state index contributed by atoms with van der Waals surface area (Å²) in [5.74, 6) is -2.97. The molecular weight excluding hydrogens is 346 g/mol. The third-order valence-corrected chi connectivity index (χ3v) is 4.27. The Kier molecular flexibility index (Phi) is 7.06. The Morgan fingerprint density at radius 1 is 1.23 bits per heavy atom. The predicted molar refractivity (Wildman–Crippen MR) is 89.2 cm³/mol. The average molecular weight is 368 g/mol. The highest BCUT2D eigenvalue weighted by Crippen LogP contribution is 2.19. The third-order valence-electron chi connectivity index (χ3n) is 4.27. The number of nitrogens with one attached hydrogen (secondary N) is 1. The monoisotopic (exact) mass is 368 g/mol. The summed E-state index contributed by atoms with van der Waals surface area (Å²) < 4.78 is 31.3. The molecular formula is C18H22F2N2O4. The number of carbonyl (C=O) groups is 3. The summed E-state index contributed by atoms with van der Waals surface area (Å²) in [4.78, 5) is 37.3. The fourth-order valence-electron chi connectivity index (χ4n) is 2.83. The minimum Gasteiger partial charge on any atom is -0.466 e. The van der Waals surface area contributed by atoms with E-state index in [4.69, 9.17) is 4.74 Å². The first kappa shape index (κ1) is 19.8. The molecule has 142 valence electrons. The molecule has 0 aliphatic carbocycles. The van der Waals surface area contributed by atoms with Crippen molar-refractivity contribution in [3.63, 3.8) is 0 Å². The molecule has 1 aliphatic heterocycles. The van der Waals surface area contributed by atoms with E-state index in [9.17, 15) is 23.2 Å². The lowest BCUT2D eigenvalue weighted by Crippen LogP contribution is -2.41. The van der Waals surface area contributed by atoms with E-state index in [0.717, 1.165) is 12.1 Å². The number of carbonyl (C=O) groups excluding carboxylic acids is 3. The standard InChI is InChI=1S/C18H22F2N2O4/c1-2-26-18(25)12-6-9-22(10-7-12)16(23)5-8-21-17(24)14-4-3-13(19)11-15(14)20/h3-4,11-12H,2,5-10H2,1H3,(H,21,24). The molecule has 8 heteroatoms. The minimum atomic E-state index is -0.949. The van der Waals surface area contributed by atoms with Crippen molar-refractivity contribution in [2.45, 2.75) is 26.2 Å². The van der Waals surface area contributed by atoms with Gasteiger partial charge in [-0.1, -0.05) is 0 Å². The van der Waals surface area contributed by atoms with Gasteiger partial charge in [0.1, 0.15) is 11.6 Å². The molecule has 0 aromatic heterocycles. The van der Waals surface area contributed by atoms with Crippen molar-refractivity contribution in [1.82, 2.24) is 10.2 Å². The Labute approximate surface area is 150 Å².